The second-order valence-electron chi connectivity index (χ2n) is 3.41. The first-order chi connectivity index (χ1) is 8.20. The lowest BCUT2D eigenvalue weighted by molar-refractivity contribution is 0.112. The smallest absolute Gasteiger partial charge is 0.150 e. The minimum atomic E-state index is -1.39. The molecule has 2 aromatic rings. The Balaban J connectivity index is 2.36. The third-order valence-corrected chi connectivity index (χ3v) is 3.62. The van der Waals surface area contributed by atoms with Crippen LogP contribution >= 0.6 is 0 Å². The van der Waals surface area contributed by atoms with Gasteiger partial charge in [-0.25, -0.2) is 8.60 Å². The number of aldehydes is 1. The Labute approximate surface area is 101 Å². The molecule has 2 rings (SSSR count). The van der Waals surface area contributed by atoms with E-state index in [1.165, 1.54) is 24.3 Å². The molecular weight excluding hydrogens is 239 g/mol. The number of carbonyl (C=O) groups is 1. The van der Waals surface area contributed by atoms with Crippen LogP contribution in [-0.2, 0) is 10.8 Å². The molecule has 0 aliphatic heterocycles. The summed E-state index contributed by atoms with van der Waals surface area (Å²) in [5.74, 6) is -0.368. The Bertz CT molecular complexity index is 564. The molecule has 1 atom stereocenters. The monoisotopic (exact) mass is 248 g/mol. The van der Waals surface area contributed by atoms with E-state index >= 15 is 0 Å². The SMILES string of the molecule is O=Cc1cccc(S(=O)c2ccc(F)cc2)c1. The standard InChI is InChI=1S/C13H9FO2S/c14-11-4-6-12(7-5-11)17(16)13-3-1-2-10(8-13)9-15/h1-9H. The number of carbonyl (C=O) groups excluding carboxylic acids is 1. The maximum atomic E-state index is 12.7. The lowest BCUT2D eigenvalue weighted by atomic mass is 10.2. The molecular formula is C13H9FO2S. The molecule has 4 heteroatoms. The van der Waals surface area contributed by atoms with Crippen LogP contribution in [0.4, 0.5) is 4.39 Å². The average molecular weight is 248 g/mol. The van der Waals surface area contributed by atoms with E-state index in [4.69, 9.17) is 0 Å². The van der Waals surface area contributed by atoms with Crippen molar-refractivity contribution in [1.82, 2.24) is 0 Å². The molecule has 0 aromatic heterocycles. The van der Waals surface area contributed by atoms with Gasteiger partial charge < -0.3 is 0 Å². The van der Waals surface area contributed by atoms with Crippen molar-refractivity contribution < 1.29 is 13.4 Å². The summed E-state index contributed by atoms with van der Waals surface area (Å²) in [6.45, 7) is 0. The fourth-order valence-electron chi connectivity index (χ4n) is 1.40. The number of hydrogen-bond acceptors (Lipinski definition) is 2. The van der Waals surface area contributed by atoms with Gasteiger partial charge in [0.05, 0.1) is 10.8 Å². The van der Waals surface area contributed by atoms with E-state index < -0.39 is 10.8 Å². The highest BCUT2D eigenvalue weighted by Gasteiger charge is 2.07. The fraction of sp³-hybridized carbons (Fsp3) is 0. The third kappa shape index (κ3) is 2.65. The van der Waals surface area contributed by atoms with Gasteiger partial charge in [-0.3, -0.25) is 4.79 Å². The van der Waals surface area contributed by atoms with E-state index in [1.54, 1.807) is 24.3 Å². The molecule has 0 heterocycles. The van der Waals surface area contributed by atoms with Crippen LogP contribution in [0, 0.1) is 5.82 Å². The van der Waals surface area contributed by atoms with Gasteiger partial charge in [0.25, 0.3) is 0 Å². The molecule has 17 heavy (non-hydrogen) atoms. The first kappa shape index (κ1) is 11.7. The summed E-state index contributed by atoms with van der Waals surface area (Å²) in [6.07, 6.45) is 0.700. The Kier molecular flexibility index (Phi) is 3.44. The molecule has 0 aliphatic rings. The van der Waals surface area contributed by atoms with E-state index in [2.05, 4.69) is 0 Å². The predicted octanol–water partition coefficient (Wildman–Crippen LogP) is 2.80. The molecule has 86 valence electrons. The third-order valence-electron chi connectivity index (χ3n) is 2.24. The summed E-state index contributed by atoms with van der Waals surface area (Å²) in [5, 5.41) is 0. The van der Waals surface area contributed by atoms with Crippen molar-refractivity contribution in [3.05, 3.63) is 59.9 Å². The molecule has 0 saturated carbocycles. The largest absolute Gasteiger partial charge is 0.298 e. The van der Waals surface area contributed by atoms with Gasteiger partial charge in [0, 0.05) is 15.4 Å². The quantitative estimate of drug-likeness (QED) is 0.783. The topological polar surface area (TPSA) is 34.1 Å². The highest BCUT2D eigenvalue weighted by Crippen LogP contribution is 2.17. The molecule has 0 bridgehead atoms. The van der Waals surface area contributed by atoms with Gasteiger partial charge in [0.1, 0.15) is 12.1 Å². The lowest BCUT2D eigenvalue weighted by Crippen LogP contribution is -1.94. The lowest BCUT2D eigenvalue weighted by Gasteiger charge is -2.02. The summed E-state index contributed by atoms with van der Waals surface area (Å²) in [7, 11) is -1.39. The van der Waals surface area contributed by atoms with E-state index in [9.17, 15) is 13.4 Å². The van der Waals surface area contributed by atoms with Crippen molar-refractivity contribution in [3.8, 4) is 0 Å². The van der Waals surface area contributed by atoms with Gasteiger partial charge >= 0.3 is 0 Å². The van der Waals surface area contributed by atoms with Crippen LogP contribution in [0.25, 0.3) is 0 Å². The van der Waals surface area contributed by atoms with Crippen LogP contribution in [0.15, 0.2) is 58.3 Å². The van der Waals surface area contributed by atoms with Gasteiger partial charge in [0.15, 0.2) is 0 Å². The van der Waals surface area contributed by atoms with Crippen molar-refractivity contribution in [2.75, 3.05) is 0 Å². The highest BCUT2D eigenvalue weighted by molar-refractivity contribution is 7.85. The minimum absolute atomic E-state index is 0.368. The maximum Gasteiger partial charge on any atom is 0.150 e. The Hall–Kier alpha value is -1.81. The summed E-state index contributed by atoms with van der Waals surface area (Å²) in [5.41, 5.74) is 0.470. The van der Waals surface area contributed by atoms with Crippen LogP contribution < -0.4 is 0 Å². The normalized spacial score (nSPS) is 12.1. The average Bonchev–Trinajstić information content (AvgIpc) is 2.39. The molecule has 0 saturated heterocycles. The van der Waals surface area contributed by atoms with Gasteiger partial charge in [0.2, 0.25) is 0 Å². The Morgan fingerprint density at radius 3 is 2.35 bits per heavy atom. The first-order valence-corrected chi connectivity index (χ1v) is 6.08. The minimum Gasteiger partial charge on any atom is -0.298 e. The van der Waals surface area contributed by atoms with Crippen molar-refractivity contribution in [3.63, 3.8) is 0 Å². The number of benzene rings is 2. The van der Waals surface area contributed by atoms with Gasteiger partial charge in [-0.1, -0.05) is 12.1 Å². The Morgan fingerprint density at radius 2 is 1.71 bits per heavy atom. The molecule has 0 spiro atoms. The van der Waals surface area contributed by atoms with Crippen LogP contribution in [0.3, 0.4) is 0 Å². The molecule has 0 radical (unpaired) electrons. The van der Waals surface area contributed by atoms with Crippen LogP contribution in [0.2, 0.25) is 0 Å². The fourth-order valence-corrected chi connectivity index (χ4v) is 2.50. The summed E-state index contributed by atoms with van der Waals surface area (Å²) in [6, 6.07) is 12.0. The molecule has 0 fully saturated rings. The van der Waals surface area contributed by atoms with E-state index in [0.717, 1.165) is 0 Å². The second-order valence-corrected chi connectivity index (χ2v) is 4.89. The number of halogens is 1. The van der Waals surface area contributed by atoms with Crippen LogP contribution in [0.1, 0.15) is 10.4 Å². The molecule has 2 aromatic carbocycles. The Morgan fingerprint density at radius 1 is 1.00 bits per heavy atom. The molecule has 1 unspecified atom stereocenters. The zero-order chi connectivity index (χ0) is 12.3. The summed E-state index contributed by atoms with van der Waals surface area (Å²) < 4.78 is 24.8. The van der Waals surface area contributed by atoms with Gasteiger partial charge in [-0.15, -0.1) is 0 Å². The van der Waals surface area contributed by atoms with Crippen molar-refractivity contribution in [2.45, 2.75) is 9.79 Å². The van der Waals surface area contributed by atoms with E-state index in [-0.39, 0.29) is 5.82 Å². The van der Waals surface area contributed by atoms with Crippen molar-refractivity contribution in [2.24, 2.45) is 0 Å². The molecule has 0 N–H and O–H groups in total. The predicted molar refractivity (Wildman–Crippen MR) is 62.9 cm³/mol. The second kappa shape index (κ2) is 5.01. The van der Waals surface area contributed by atoms with Crippen molar-refractivity contribution >= 4 is 17.1 Å². The molecule has 0 amide bonds. The zero-order valence-corrected chi connectivity index (χ0v) is 9.62. The van der Waals surface area contributed by atoms with Gasteiger partial charge in [-0.05, 0) is 36.4 Å². The number of hydrogen-bond donors (Lipinski definition) is 0. The highest BCUT2D eigenvalue weighted by atomic mass is 32.2. The van der Waals surface area contributed by atoms with Crippen molar-refractivity contribution in [1.29, 1.82) is 0 Å². The zero-order valence-electron chi connectivity index (χ0n) is 8.80. The molecule has 2 nitrogen and oxygen atoms in total. The van der Waals surface area contributed by atoms with Crippen LogP contribution in [-0.4, -0.2) is 10.5 Å². The van der Waals surface area contributed by atoms with Crippen LogP contribution in [0.5, 0.6) is 0 Å². The number of rotatable bonds is 3. The maximum absolute atomic E-state index is 12.7. The summed E-state index contributed by atoms with van der Waals surface area (Å²) >= 11 is 0. The molecule has 0 aliphatic carbocycles. The first-order valence-electron chi connectivity index (χ1n) is 4.93. The van der Waals surface area contributed by atoms with E-state index in [1.807, 2.05) is 0 Å². The van der Waals surface area contributed by atoms with E-state index in [0.29, 0.717) is 21.6 Å². The van der Waals surface area contributed by atoms with Gasteiger partial charge in [-0.2, -0.15) is 0 Å². The summed E-state index contributed by atoms with van der Waals surface area (Å²) in [4.78, 5) is 11.7.